The molecule has 1 heterocycles. The van der Waals surface area contributed by atoms with Gasteiger partial charge in [0.25, 0.3) is 0 Å². The van der Waals surface area contributed by atoms with Gasteiger partial charge in [-0.15, -0.1) is 0 Å². The van der Waals surface area contributed by atoms with Crippen LogP contribution in [0.15, 0.2) is 36.4 Å². The van der Waals surface area contributed by atoms with Crippen LogP contribution in [0, 0.1) is 17.7 Å². The fourth-order valence-corrected chi connectivity index (χ4v) is 4.30. The highest BCUT2D eigenvalue weighted by atomic mass is 19.1. The van der Waals surface area contributed by atoms with Crippen molar-refractivity contribution in [1.82, 2.24) is 15.1 Å². The maximum atomic E-state index is 14.3. The summed E-state index contributed by atoms with van der Waals surface area (Å²) < 4.78 is 14.3. The van der Waals surface area contributed by atoms with Crippen molar-refractivity contribution in [1.29, 1.82) is 0 Å². The number of carbonyl (C=O) groups is 4. The van der Waals surface area contributed by atoms with Crippen molar-refractivity contribution < 1.29 is 23.6 Å². The summed E-state index contributed by atoms with van der Waals surface area (Å²) in [6.45, 7) is 5.28. The SMILES string of the molecule is CC[C@H](C)NC(=O)[C@H](C)N(Cc1ccccc1F)C(=O)CCN1C(=O)[C@H]2CC=CC[C@H]2C1=O. The fourth-order valence-electron chi connectivity index (χ4n) is 4.30. The molecule has 0 bridgehead atoms. The Kier molecular flexibility index (Phi) is 8.00. The molecular weight excluding hydrogens is 425 g/mol. The Morgan fingerprint density at radius 3 is 2.30 bits per heavy atom. The van der Waals surface area contributed by atoms with Gasteiger partial charge >= 0.3 is 0 Å². The molecule has 178 valence electrons. The molecular formula is C25H32FN3O4. The van der Waals surface area contributed by atoms with Gasteiger partial charge in [0.05, 0.1) is 11.8 Å². The molecule has 0 spiro atoms. The molecule has 1 aromatic rings. The number of amides is 4. The first kappa shape index (κ1) is 24.6. The second kappa shape index (κ2) is 10.7. The summed E-state index contributed by atoms with van der Waals surface area (Å²) in [6.07, 6.45) is 5.50. The molecule has 7 nitrogen and oxygen atoms in total. The minimum atomic E-state index is -0.845. The van der Waals surface area contributed by atoms with Crippen LogP contribution in [-0.2, 0) is 25.7 Å². The topological polar surface area (TPSA) is 86.8 Å². The number of nitrogens with one attached hydrogen (secondary N) is 1. The first-order valence-electron chi connectivity index (χ1n) is 11.6. The molecule has 1 saturated heterocycles. The summed E-state index contributed by atoms with van der Waals surface area (Å²) >= 11 is 0. The first-order valence-corrected chi connectivity index (χ1v) is 11.6. The molecule has 1 aromatic carbocycles. The van der Waals surface area contributed by atoms with Gasteiger partial charge in [-0.1, -0.05) is 37.3 Å². The van der Waals surface area contributed by atoms with Crippen LogP contribution in [-0.4, -0.2) is 52.1 Å². The molecule has 1 aliphatic carbocycles. The fraction of sp³-hybridized carbons (Fsp3) is 0.520. The minimum absolute atomic E-state index is 0.0447. The highest BCUT2D eigenvalue weighted by Crippen LogP contribution is 2.35. The zero-order chi connectivity index (χ0) is 24.1. The standard InChI is InChI=1S/C25H32FN3O4/c1-4-16(2)27-23(31)17(3)29(15-18-9-5-8-12-21(18)26)22(30)13-14-28-24(32)19-10-6-7-11-20(19)25(28)33/h5-9,12,16-17,19-20H,4,10-11,13-15H2,1-3H3,(H,27,31)/t16-,17-,19-,20+/m0/s1. The van der Waals surface area contributed by atoms with Gasteiger partial charge in [0.2, 0.25) is 23.6 Å². The van der Waals surface area contributed by atoms with Gasteiger partial charge in [0.1, 0.15) is 11.9 Å². The number of carbonyl (C=O) groups excluding carboxylic acids is 4. The van der Waals surface area contributed by atoms with E-state index in [4.69, 9.17) is 0 Å². The predicted octanol–water partition coefficient (Wildman–Crippen LogP) is 2.80. The van der Waals surface area contributed by atoms with E-state index in [2.05, 4.69) is 5.32 Å². The smallest absolute Gasteiger partial charge is 0.242 e. The third kappa shape index (κ3) is 5.49. The van der Waals surface area contributed by atoms with Crippen LogP contribution in [0.4, 0.5) is 4.39 Å². The van der Waals surface area contributed by atoms with Crippen molar-refractivity contribution in [2.45, 2.75) is 65.1 Å². The van der Waals surface area contributed by atoms with Crippen molar-refractivity contribution >= 4 is 23.6 Å². The lowest BCUT2D eigenvalue weighted by Crippen LogP contribution is -2.50. The van der Waals surface area contributed by atoms with E-state index in [-0.39, 0.29) is 55.1 Å². The number of imide groups is 1. The first-order chi connectivity index (χ1) is 15.7. The quantitative estimate of drug-likeness (QED) is 0.456. The van der Waals surface area contributed by atoms with E-state index < -0.39 is 17.8 Å². The average molecular weight is 458 g/mol. The summed E-state index contributed by atoms with van der Waals surface area (Å²) in [6, 6.07) is 5.19. The van der Waals surface area contributed by atoms with Gasteiger partial charge in [-0.05, 0) is 39.2 Å². The molecule has 0 aromatic heterocycles. The molecule has 0 saturated carbocycles. The third-order valence-electron chi connectivity index (χ3n) is 6.61. The van der Waals surface area contributed by atoms with Gasteiger partial charge < -0.3 is 10.2 Å². The molecule has 1 aliphatic heterocycles. The van der Waals surface area contributed by atoms with Crippen molar-refractivity contribution in [2.24, 2.45) is 11.8 Å². The number of likely N-dealkylation sites (tertiary alicyclic amines) is 1. The van der Waals surface area contributed by atoms with Crippen molar-refractivity contribution in [3.8, 4) is 0 Å². The third-order valence-corrected chi connectivity index (χ3v) is 6.61. The summed E-state index contributed by atoms with van der Waals surface area (Å²) in [5.41, 5.74) is 0.291. The Morgan fingerprint density at radius 2 is 1.73 bits per heavy atom. The molecule has 8 heteroatoms. The average Bonchev–Trinajstić information content (AvgIpc) is 3.06. The Hall–Kier alpha value is -3.03. The summed E-state index contributed by atoms with van der Waals surface area (Å²) in [7, 11) is 0. The number of nitrogens with zero attached hydrogens (tertiary/aromatic N) is 2. The Bertz CT molecular complexity index is 921. The van der Waals surface area contributed by atoms with Crippen LogP contribution in [0.5, 0.6) is 0 Å². The second-order valence-corrected chi connectivity index (χ2v) is 8.84. The summed E-state index contributed by atoms with van der Waals surface area (Å²) in [4.78, 5) is 53.8. The number of benzene rings is 1. The van der Waals surface area contributed by atoms with E-state index in [9.17, 15) is 23.6 Å². The monoisotopic (exact) mass is 457 g/mol. The van der Waals surface area contributed by atoms with Crippen molar-refractivity contribution in [3.63, 3.8) is 0 Å². The van der Waals surface area contributed by atoms with E-state index in [1.54, 1.807) is 25.1 Å². The second-order valence-electron chi connectivity index (χ2n) is 8.84. The van der Waals surface area contributed by atoms with E-state index in [1.165, 1.54) is 15.9 Å². The molecule has 4 amide bonds. The molecule has 1 N–H and O–H groups in total. The van der Waals surface area contributed by atoms with Crippen LogP contribution in [0.25, 0.3) is 0 Å². The number of halogens is 1. The van der Waals surface area contributed by atoms with Crippen LogP contribution >= 0.6 is 0 Å². The van der Waals surface area contributed by atoms with Gasteiger partial charge in [-0.3, -0.25) is 24.1 Å². The highest BCUT2D eigenvalue weighted by Gasteiger charge is 2.47. The zero-order valence-electron chi connectivity index (χ0n) is 19.4. The number of rotatable bonds is 9. The van der Waals surface area contributed by atoms with E-state index in [0.29, 0.717) is 18.4 Å². The molecule has 0 radical (unpaired) electrons. The Labute approximate surface area is 194 Å². The lowest BCUT2D eigenvalue weighted by molar-refractivity contribution is -0.144. The van der Waals surface area contributed by atoms with Gasteiger partial charge in [-0.25, -0.2) is 4.39 Å². The maximum Gasteiger partial charge on any atom is 0.242 e. The number of allylic oxidation sites excluding steroid dienone is 2. The molecule has 4 atom stereocenters. The Balaban J connectivity index is 1.73. The van der Waals surface area contributed by atoms with Crippen LogP contribution in [0.1, 0.15) is 52.0 Å². The van der Waals surface area contributed by atoms with Gasteiger partial charge in [0.15, 0.2) is 0 Å². The predicted molar refractivity (Wildman–Crippen MR) is 121 cm³/mol. The van der Waals surface area contributed by atoms with E-state index in [0.717, 1.165) is 6.42 Å². The number of hydrogen-bond acceptors (Lipinski definition) is 4. The van der Waals surface area contributed by atoms with Gasteiger partial charge in [0, 0.05) is 31.1 Å². The minimum Gasteiger partial charge on any atom is -0.352 e. The molecule has 1 fully saturated rings. The van der Waals surface area contributed by atoms with Gasteiger partial charge in [-0.2, -0.15) is 0 Å². The van der Waals surface area contributed by atoms with Crippen molar-refractivity contribution in [3.05, 3.63) is 47.8 Å². The lowest BCUT2D eigenvalue weighted by atomic mass is 9.85. The number of fused-ring (bicyclic) bond motifs is 1. The van der Waals surface area contributed by atoms with Crippen LogP contribution in [0.2, 0.25) is 0 Å². The molecule has 3 rings (SSSR count). The highest BCUT2D eigenvalue weighted by molar-refractivity contribution is 6.05. The Morgan fingerprint density at radius 1 is 1.12 bits per heavy atom. The van der Waals surface area contributed by atoms with Crippen LogP contribution in [0.3, 0.4) is 0 Å². The lowest BCUT2D eigenvalue weighted by Gasteiger charge is -2.30. The molecule has 2 aliphatic rings. The number of hydrogen-bond donors (Lipinski definition) is 1. The largest absolute Gasteiger partial charge is 0.352 e. The maximum absolute atomic E-state index is 14.3. The molecule has 0 unspecified atom stereocenters. The van der Waals surface area contributed by atoms with Crippen molar-refractivity contribution in [2.75, 3.05) is 6.54 Å². The summed E-state index contributed by atoms with van der Waals surface area (Å²) in [5, 5.41) is 2.86. The van der Waals surface area contributed by atoms with E-state index >= 15 is 0 Å². The summed E-state index contributed by atoms with van der Waals surface area (Å²) in [5.74, 6) is -2.42. The molecule has 33 heavy (non-hydrogen) atoms. The normalized spacial score (nSPS) is 21.5. The van der Waals surface area contributed by atoms with E-state index in [1.807, 2.05) is 26.0 Å². The van der Waals surface area contributed by atoms with Crippen LogP contribution < -0.4 is 5.32 Å². The zero-order valence-corrected chi connectivity index (χ0v) is 19.4.